The molecule has 1 saturated heterocycles. The van der Waals surface area contributed by atoms with Gasteiger partial charge in [-0.15, -0.1) is 0 Å². The molecule has 8 nitrogen and oxygen atoms in total. The molecule has 0 aromatic heterocycles. The van der Waals surface area contributed by atoms with Crippen molar-refractivity contribution >= 4 is 12.3 Å². The standard InChI is InChI=1S/C27H40O8/c1-13(2)19-8-16-9-25(11-28)18-7-6-14(3)17(18)10-26(16,27(19,25)24(31)32)12-34-23-21(30)20(29)22(33-5)15(4)35-23/h8,11,13-18,20-23,29-30H,6-7,9-10,12H2,1-5H3,(H,31,32)/t14?,15?,16-,17+,18?,20?,21?,22?,23?,25-,26?,27-/m0/s1. The molecule has 35 heavy (non-hydrogen) atoms. The van der Waals surface area contributed by atoms with Crippen LogP contribution in [-0.4, -0.2) is 72.0 Å². The smallest absolute Gasteiger partial charge is 0.315 e. The molecule has 0 spiro atoms. The average Bonchev–Trinajstić information content (AvgIpc) is 3.38. The van der Waals surface area contributed by atoms with E-state index in [1.54, 1.807) is 6.92 Å². The molecule has 8 unspecified atom stereocenters. The van der Waals surface area contributed by atoms with Crippen LogP contribution in [0.4, 0.5) is 0 Å². The first kappa shape index (κ1) is 25.3. The number of ether oxygens (including phenoxy) is 3. The van der Waals surface area contributed by atoms with Gasteiger partial charge in [-0.05, 0) is 55.8 Å². The van der Waals surface area contributed by atoms with Gasteiger partial charge in [0.2, 0.25) is 0 Å². The number of allylic oxidation sites excluding steroid dienone is 1. The number of carboxylic acid groups (broad SMARTS) is 1. The minimum atomic E-state index is -1.34. The predicted octanol–water partition coefficient (Wildman–Crippen LogP) is 2.41. The fourth-order valence-corrected chi connectivity index (χ4v) is 9.34. The van der Waals surface area contributed by atoms with Crippen LogP contribution in [0.3, 0.4) is 0 Å². The molecule has 0 radical (unpaired) electrons. The van der Waals surface area contributed by atoms with Crippen molar-refractivity contribution in [2.45, 2.75) is 84.1 Å². The molecule has 0 aromatic rings. The molecule has 0 amide bonds. The number of methoxy groups -OCH3 is 1. The van der Waals surface area contributed by atoms with Crippen LogP contribution in [0.1, 0.15) is 53.4 Å². The lowest BCUT2D eigenvalue weighted by molar-refractivity contribution is -0.306. The van der Waals surface area contributed by atoms with Gasteiger partial charge in [0.05, 0.1) is 18.1 Å². The Morgan fingerprint density at radius 3 is 2.54 bits per heavy atom. The van der Waals surface area contributed by atoms with E-state index in [0.717, 1.165) is 24.7 Å². The summed E-state index contributed by atoms with van der Waals surface area (Å²) >= 11 is 0. The largest absolute Gasteiger partial charge is 0.481 e. The van der Waals surface area contributed by atoms with Gasteiger partial charge in [-0.2, -0.15) is 0 Å². The van der Waals surface area contributed by atoms with Crippen molar-refractivity contribution in [3.05, 3.63) is 11.6 Å². The summed E-state index contributed by atoms with van der Waals surface area (Å²) in [6.07, 6.45) is 1.32. The van der Waals surface area contributed by atoms with E-state index in [1.807, 2.05) is 13.8 Å². The zero-order chi connectivity index (χ0) is 25.5. The lowest BCUT2D eigenvalue weighted by Gasteiger charge is -2.58. The van der Waals surface area contributed by atoms with Crippen LogP contribution in [-0.2, 0) is 23.8 Å². The lowest BCUT2D eigenvalue weighted by atomic mass is 9.43. The number of rotatable bonds is 7. The number of hydrogen-bond donors (Lipinski definition) is 3. The fourth-order valence-electron chi connectivity index (χ4n) is 9.34. The fraction of sp³-hybridized carbons (Fsp3) is 0.852. The van der Waals surface area contributed by atoms with E-state index in [9.17, 15) is 24.9 Å². The molecule has 5 rings (SSSR count). The molecule has 1 aliphatic heterocycles. The number of aldehydes is 1. The zero-order valence-corrected chi connectivity index (χ0v) is 21.3. The van der Waals surface area contributed by atoms with Gasteiger partial charge in [-0.25, -0.2) is 0 Å². The molecule has 4 fully saturated rings. The van der Waals surface area contributed by atoms with Crippen LogP contribution in [0.5, 0.6) is 0 Å². The summed E-state index contributed by atoms with van der Waals surface area (Å²) in [4.78, 5) is 26.5. The molecular formula is C27H40O8. The Balaban J connectivity index is 1.57. The minimum Gasteiger partial charge on any atom is -0.481 e. The summed E-state index contributed by atoms with van der Waals surface area (Å²) in [5.41, 5.74) is -2.28. The lowest BCUT2D eigenvalue weighted by Crippen LogP contribution is -2.64. The number of aliphatic hydroxyl groups excluding tert-OH is 2. The molecule has 5 aliphatic rings. The Hall–Kier alpha value is -1.32. The van der Waals surface area contributed by atoms with Crippen LogP contribution >= 0.6 is 0 Å². The van der Waals surface area contributed by atoms with Crippen LogP contribution < -0.4 is 0 Å². The summed E-state index contributed by atoms with van der Waals surface area (Å²) in [7, 11) is 1.45. The highest BCUT2D eigenvalue weighted by molar-refractivity contribution is 5.90. The van der Waals surface area contributed by atoms with Crippen molar-refractivity contribution in [1.29, 1.82) is 0 Å². The van der Waals surface area contributed by atoms with Crippen molar-refractivity contribution < 1.29 is 39.1 Å². The number of aliphatic carboxylic acids is 1. The Bertz CT molecular complexity index is 917. The van der Waals surface area contributed by atoms with Gasteiger partial charge in [0.1, 0.15) is 30.0 Å². The number of carboxylic acids is 1. The first-order valence-electron chi connectivity index (χ1n) is 13.1. The molecule has 0 aromatic carbocycles. The quantitative estimate of drug-likeness (QED) is 0.366. The molecular weight excluding hydrogens is 452 g/mol. The highest BCUT2D eigenvalue weighted by Gasteiger charge is 2.84. The third kappa shape index (κ3) is 2.92. The van der Waals surface area contributed by atoms with Crippen molar-refractivity contribution in [3.8, 4) is 0 Å². The van der Waals surface area contributed by atoms with Crippen LogP contribution in [0.15, 0.2) is 11.6 Å². The molecule has 1 heterocycles. The molecule has 12 atom stereocenters. The van der Waals surface area contributed by atoms with Gasteiger partial charge in [0, 0.05) is 12.5 Å². The van der Waals surface area contributed by atoms with Crippen LogP contribution in [0, 0.1) is 45.8 Å². The van der Waals surface area contributed by atoms with E-state index in [0.29, 0.717) is 18.8 Å². The van der Waals surface area contributed by atoms with E-state index in [-0.39, 0.29) is 30.3 Å². The van der Waals surface area contributed by atoms with E-state index in [1.165, 1.54) is 7.11 Å². The SMILES string of the molecule is COC1C(C)OC(OCC23C[C@@H]4C(C)CCC4[C@@]4(C=O)C[C@@H]2C=C(C(C)C)[C@@]34C(=O)O)C(O)C1O. The Morgan fingerprint density at radius 1 is 1.23 bits per heavy atom. The molecule has 4 aliphatic carbocycles. The van der Waals surface area contributed by atoms with Gasteiger partial charge in [0.15, 0.2) is 6.29 Å². The van der Waals surface area contributed by atoms with Gasteiger partial charge in [-0.1, -0.05) is 38.8 Å². The second-order valence-corrected chi connectivity index (χ2v) is 12.2. The zero-order valence-electron chi connectivity index (χ0n) is 21.3. The monoisotopic (exact) mass is 492 g/mol. The van der Waals surface area contributed by atoms with Gasteiger partial charge < -0.3 is 34.3 Å². The van der Waals surface area contributed by atoms with Gasteiger partial charge in [0.25, 0.3) is 0 Å². The second-order valence-electron chi connectivity index (χ2n) is 12.2. The summed E-state index contributed by atoms with van der Waals surface area (Å²) in [6.45, 7) is 8.02. The Kier molecular flexibility index (Phi) is 6.04. The highest BCUT2D eigenvalue weighted by Crippen LogP contribution is 2.82. The number of aliphatic hydroxyl groups is 2. The number of hydrogen-bond acceptors (Lipinski definition) is 7. The Labute approximate surface area is 207 Å². The van der Waals surface area contributed by atoms with E-state index < -0.39 is 52.9 Å². The second kappa shape index (κ2) is 8.35. The summed E-state index contributed by atoms with van der Waals surface area (Å²) in [6, 6.07) is 0. The summed E-state index contributed by atoms with van der Waals surface area (Å²) in [5.74, 6) is -0.358. The Morgan fingerprint density at radius 2 is 1.94 bits per heavy atom. The highest BCUT2D eigenvalue weighted by atomic mass is 16.7. The molecule has 196 valence electrons. The number of carbonyl (C=O) groups excluding carboxylic acids is 1. The van der Waals surface area contributed by atoms with E-state index in [2.05, 4.69) is 13.0 Å². The molecule has 3 saturated carbocycles. The number of carbonyl (C=O) groups is 2. The van der Waals surface area contributed by atoms with Gasteiger partial charge >= 0.3 is 5.97 Å². The molecule has 3 N–H and O–H groups in total. The first-order valence-corrected chi connectivity index (χ1v) is 13.1. The van der Waals surface area contributed by atoms with Crippen molar-refractivity contribution in [1.82, 2.24) is 0 Å². The molecule has 4 bridgehead atoms. The third-order valence-electron chi connectivity index (χ3n) is 10.7. The van der Waals surface area contributed by atoms with Crippen molar-refractivity contribution in [3.63, 3.8) is 0 Å². The van der Waals surface area contributed by atoms with Crippen molar-refractivity contribution in [2.24, 2.45) is 45.8 Å². The first-order chi connectivity index (χ1) is 16.5. The van der Waals surface area contributed by atoms with Crippen LogP contribution in [0.2, 0.25) is 0 Å². The molecule has 8 heteroatoms. The van der Waals surface area contributed by atoms with Crippen LogP contribution in [0.25, 0.3) is 0 Å². The summed E-state index contributed by atoms with van der Waals surface area (Å²) < 4.78 is 17.4. The number of fused-ring (bicyclic) bond motifs is 2. The normalized spacial score (nSPS) is 52.5. The third-order valence-corrected chi connectivity index (χ3v) is 10.7. The van der Waals surface area contributed by atoms with E-state index in [4.69, 9.17) is 14.2 Å². The maximum Gasteiger partial charge on any atom is 0.315 e. The predicted molar refractivity (Wildman–Crippen MR) is 125 cm³/mol. The topological polar surface area (TPSA) is 123 Å². The summed E-state index contributed by atoms with van der Waals surface area (Å²) in [5, 5.41) is 32.3. The maximum absolute atomic E-state index is 13.5. The minimum absolute atomic E-state index is 0.0219. The van der Waals surface area contributed by atoms with E-state index >= 15 is 0 Å². The van der Waals surface area contributed by atoms with Crippen molar-refractivity contribution in [2.75, 3.05) is 13.7 Å². The average molecular weight is 493 g/mol. The van der Waals surface area contributed by atoms with Gasteiger partial charge in [-0.3, -0.25) is 4.79 Å². The maximum atomic E-state index is 13.5.